The first-order valence-corrected chi connectivity index (χ1v) is 7.77. The highest BCUT2D eigenvalue weighted by molar-refractivity contribution is 6.31. The molecule has 3 heterocycles. The van der Waals surface area contributed by atoms with Gasteiger partial charge in [0.2, 0.25) is 0 Å². The number of aromatic nitrogens is 5. The molecular weight excluding hydrogens is 338 g/mol. The van der Waals surface area contributed by atoms with E-state index in [1.165, 1.54) is 19.6 Å². The minimum atomic E-state index is -2.43. The molecule has 6 nitrogen and oxygen atoms in total. The predicted octanol–water partition coefficient (Wildman–Crippen LogP) is 3.75. The van der Waals surface area contributed by atoms with E-state index in [2.05, 4.69) is 20.1 Å². The molecule has 0 amide bonds. The van der Waals surface area contributed by atoms with Crippen molar-refractivity contribution in [2.45, 2.75) is 0 Å². The lowest BCUT2D eigenvalue weighted by Gasteiger charge is -2.07. The molecule has 0 spiro atoms. The molecule has 7 heteroatoms. The van der Waals surface area contributed by atoms with E-state index in [0.29, 0.717) is 33.7 Å². The summed E-state index contributed by atoms with van der Waals surface area (Å²) in [4.78, 5) is 12.9. The summed E-state index contributed by atoms with van der Waals surface area (Å²) >= 11 is 6.19. The predicted molar refractivity (Wildman–Crippen MR) is 96.5 cm³/mol. The Labute approximate surface area is 153 Å². The number of ether oxygens (including phenoxy) is 1. The van der Waals surface area contributed by atoms with Gasteiger partial charge in [-0.25, -0.2) is 15.0 Å². The number of benzene rings is 1. The molecule has 0 aliphatic heterocycles. The van der Waals surface area contributed by atoms with Crippen LogP contribution in [-0.2, 0) is 6.98 Å². The largest absolute Gasteiger partial charge is 0.493 e. The number of halogens is 1. The average Bonchev–Trinajstić information content (AvgIpc) is 3.13. The van der Waals surface area contributed by atoms with Gasteiger partial charge in [0.15, 0.2) is 10.9 Å². The molecule has 25 heavy (non-hydrogen) atoms. The molecule has 0 saturated heterocycles. The van der Waals surface area contributed by atoms with E-state index in [0.717, 1.165) is 10.2 Å². The zero-order valence-electron chi connectivity index (χ0n) is 16.1. The third kappa shape index (κ3) is 2.70. The Morgan fingerprint density at radius 3 is 2.76 bits per heavy atom. The van der Waals surface area contributed by atoms with Gasteiger partial charge in [-0.1, -0.05) is 41.9 Å². The third-order valence-corrected chi connectivity index (χ3v) is 4.04. The summed E-state index contributed by atoms with van der Waals surface area (Å²) in [6.07, 6.45) is 2.82. The van der Waals surface area contributed by atoms with E-state index >= 15 is 0 Å². The molecule has 0 aliphatic rings. The Kier molecular flexibility index (Phi) is 3.04. The lowest BCUT2D eigenvalue weighted by atomic mass is 10.0. The maximum absolute atomic E-state index is 7.71. The van der Waals surface area contributed by atoms with Crippen molar-refractivity contribution < 1.29 is 8.85 Å². The van der Waals surface area contributed by atoms with Crippen LogP contribution in [-0.4, -0.2) is 31.8 Å². The van der Waals surface area contributed by atoms with Gasteiger partial charge in [-0.05, 0) is 0 Å². The van der Waals surface area contributed by atoms with E-state index in [1.807, 2.05) is 30.3 Å². The zero-order chi connectivity index (χ0) is 19.9. The van der Waals surface area contributed by atoms with Gasteiger partial charge in [0, 0.05) is 34.5 Å². The van der Waals surface area contributed by atoms with E-state index in [4.69, 9.17) is 20.5 Å². The minimum absolute atomic E-state index is 0.163. The molecule has 0 aliphatic carbocycles. The second-order valence-electron chi connectivity index (χ2n) is 5.27. The fourth-order valence-electron chi connectivity index (χ4n) is 2.64. The molecule has 124 valence electrons. The summed E-state index contributed by atoms with van der Waals surface area (Å²) in [5, 5.41) is 4.46. The van der Waals surface area contributed by atoms with Crippen molar-refractivity contribution in [1.29, 1.82) is 0 Å². The molecule has 1 aromatic carbocycles. The smallest absolute Gasteiger partial charge is 0.171 e. The second-order valence-corrected chi connectivity index (χ2v) is 5.63. The van der Waals surface area contributed by atoms with Gasteiger partial charge in [-0.15, -0.1) is 0 Å². The van der Waals surface area contributed by atoms with E-state index in [9.17, 15) is 0 Å². The van der Waals surface area contributed by atoms with Gasteiger partial charge >= 0.3 is 0 Å². The van der Waals surface area contributed by atoms with Gasteiger partial charge < -0.3 is 4.74 Å². The zero-order valence-corrected chi connectivity index (χ0v) is 13.9. The first-order valence-electron chi connectivity index (χ1n) is 8.89. The lowest BCUT2D eigenvalue weighted by Crippen LogP contribution is -1.95. The van der Waals surface area contributed by atoms with Crippen molar-refractivity contribution in [3.63, 3.8) is 0 Å². The quantitative estimate of drug-likeness (QED) is 0.524. The second kappa shape index (κ2) is 6.14. The van der Waals surface area contributed by atoms with Crippen LogP contribution in [0.5, 0.6) is 5.75 Å². The fourth-order valence-corrected chi connectivity index (χ4v) is 2.86. The Morgan fingerprint density at radius 2 is 2.00 bits per heavy atom. The Morgan fingerprint density at radius 1 is 1.16 bits per heavy atom. The first-order chi connectivity index (χ1) is 13.4. The van der Waals surface area contributed by atoms with Crippen LogP contribution in [0.2, 0.25) is 5.15 Å². The topological polar surface area (TPSA) is 65.7 Å². The molecular formula is C18H14ClN5O. The van der Waals surface area contributed by atoms with Crippen molar-refractivity contribution in [3.05, 3.63) is 54.1 Å². The number of methoxy groups -OCH3 is 1. The van der Waals surface area contributed by atoms with Gasteiger partial charge in [0.05, 0.1) is 12.6 Å². The molecule has 0 saturated carbocycles. The standard InChI is InChI=1S/C18H14ClN5O/c1-24-9-12(15(23-24)11-6-4-3-5-7-11)16-17-13(20-10-21-16)8-14(25-2)18(19)22-17/h3-10H,1-2H3/i1D3. The Balaban J connectivity index is 2.01. The van der Waals surface area contributed by atoms with E-state index in [-0.39, 0.29) is 5.15 Å². The molecule has 0 unspecified atom stereocenters. The van der Waals surface area contributed by atoms with Crippen LogP contribution in [0.4, 0.5) is 0 Å². The van der Waals surface area contributed by atoms with Gasteiger partial charge in [0.25, 0.3) is 0 Å². The summed E-state index contributed by atoms with van der Waals surface area (Å²) in [6.45, 7) is -2.43. The molecule has 4 rings (SSSR count). The summed E-state index contributed by atoms with van der Waals surface area (Å²) in [6, 6.07) is 10.9. The lowest BCUT2D eigenvalue weighted by molar-refractivity contribution is 0.414. The average molecular weight is 355 g/mol. The summed E-state index contributed by atoms with van der Waals surface area (Å²) < 4.78 is 29.3. The number of fused-ring (bicyclic) bond motifs is 1. The van der Waals surface area contributed by atoms with Crippen LogP contribution >= 0.6 is 11.6 Å². The maximum atomic E-state index is 7.71. The highest BCUT2D eigenvalue weighted by atomic mass is 35.5. The molecule has 0 fully saturated rings. The minimum Gasteiger partial charge on any atom is -0.493 e. The van der Waals surface area contributed by atoms with Gasteiger partial charge in [-0.3, -0.25) is 4.68 Å². The first kappa shape index (κ1) is 12.4. The van der Waals surface area contributed by atoms with Crippen LogP contribution in [0.3, 0.4) is 0 Å². The Bertz CT molecular complexity index is 1160. The van der Waals surface area contributed by atoms with E-state index < -0.39 is 6.98 Å². The van der Waals surface area contributed by atoms with Crippen molar-refractivity contribution in [3.8, 4) is 28.3 Å². The van der Waals surface area contributed by atoms with Crippen LogP contribution in [0.25, 0.3) is 33.5 Å². The van der Waals surface area contributed by atoms with Gasteiger partial charge in [0.1, 0.15) is 23.2 Å². The monoisotopic (exact) mass is 354 g/mol. The van der Waals surface area contributed by atoms with Crippen LogP contribution < -0.4 is 4.74 Å². The molecule has 0 atom stereocenters. The summed E-state index contributed by atoms with van der Waals surface area (Å²) in [5.41, 5.74) is 3.13. The SMILES string of the molecule is [2H]C([2H])([2H])n1cc(-c2ncnc3cc(OC)c(Cl)nc23)c(-c2ccccc2)n1. The maximum Gasteiger partial charge on any atom is 0.171 e. The molecule has 4 aromatic rings. The summed E-state index contributed by atoms with van der Waals surface area (Å²) in [7, 11) is 1.49. The van der Waals surface area contributed by atoms with Crippen LogP contribution in [0.15, 0.2) is 48.9 Å². The fraction of sp³-hybridized carbons (Fsp3) is 0.111. The van der Waals surface area contributed by atoms with Crippen LogP contribution in [0, 0.1) is 0 Å². The molecule has 0 bridgehead atoms. The van der Waals surface area contributed by atoms with Gasteiger partial charge in [-0.2, -0.15) is 5.10 Å². The van der Waals surface area contributed by atoms with Crippen molar-refractivity contribution in [1.82, 2.24) is 24.7 Å². The Hall–Kier alpha value is -2.99. The molecule has 0 N–H and O–H groups in total. The highest BCUT2D eigenvalue weighted by Crippen LogP contribution is 2.34. The number of pyridine rings is 1. The number of aryl methyl sites for hydroxylation is 1. The highest BCUT2D eigenvalue weighted by Gasteiger charge is 2.18. The molecule has 3 aromatic heterocycles. The van der Waals surface area contributed by atoms with E-state index in [1.54, 1.807) is 6.07 Å². The molecule has 0 radical (unpaired) electrons. The number of rotatable bonds is 3. The number of nitrogens with zero attached hydrogens (tertiary/aromatic N) is 5. The van der Waals surface area contributed by atoms with Crippen molar-refractivity contribution in [2.75, 3.05) is 7.11 Å². The third-order valence-electron chi connectivity index (χ3n) is 3.77. The number of hydrogen-bond donors (Lipinski definition) is 0. The van der Waals surface area contributed by atoms with Crippen LogP contribution in [0.1, 0.15) is 4.11 Å². The number of hydrogen-bond acceptors (Lipinski definition) is 5. The van der Waals surface area contributed by atoms with Crippen molar-refractivity contribution >= 4 is 22.6 Å². The normalized spacial score (nSPS) is 13.3. The summed E-state index contributed by atoms with van der Waals surface area (Å²) in [5.74, 6) is 0.389. The van der Waals surface area contributed by atoms with Crippen molar-refractivity contribution in [2.24, 2.45) is 6.98 Å².